The smallest absolute Gasteiger partial charge is 0.220 e. The van der Waals surface area contributed by atoms with Gasteiger partial charge < -0.3 is 10.6 Å². The number of benzene rings is 1. The number of carbonyl (C=O) groups is 1. The maximum atomic E-state index is 11.7. The Balaban J connectivity index is 1.55. The maximum Gasteiger partial charge on any atom is 0.220 e. The molecule has 0 radical (unpaired) electrons. The molecule has 0 unspecified atom stereocenters. The second-order valence-corrected chi connectivity index (χ2v) is 5.36. The molecule has 0 atom stereocenters. The highest BCUT2D eigenvalue weighted by molar-refractivity contribution is 5.76. The van der Waals surface area contributed by atoms with Gasteiger partial charge in [-0.2, -0.15) is 0 Å². The minimum atomic E-state index is 0.162. The molecule has 0 aliphatic heterocycles. The zero-order valence-electron chi connectivity index (χ0n) is 11.7. The van der Waals surface area contributed by atoms with Gasteiger partial charge in [0.15, 0.2) is 0 Å². The van der Waals surface area contributed by atoms with E-state index in [1.807, 2.05) is 12.1 Å². The van der Waals surface area contributed by atoms with Crippen LogP contribution in [-0.4, -0.2) is 25.0 Å². The number of carbonyl (C=O) groups excluding carboxylic acids is 1. The highest BCUT2D eigenvalue weighted by Crippen LogP contribution is 2.18. The van der Waals surface area contributed by atoms with Crippen molar-refractivity contribution in [2.45, 2.75) is 45.1 Å². The predicted molar refractivity (Wildman–Crippen MR) is 78.2 cm³/mol. The summed E-state index contributed by atoms with van der Waals surface area (Å²) in [5.41, 5.74) is 2.54. The molecule has 0 saturated heterocycles. The lowest BCUT2D eigenvalue weighted by Crippen LogP contribution is -2.28. The maximum absolute atomic E-state index is 11.7. The molecule has 1 fully saturated rings. The molecular formula is C16H24N2O. The van der Waals surface area contributed by atoms with Crippen molar-refractivity contribution in [1.82, 2.24) is 10.6 Å². The Morgan fingerprint density at radius 3 is 2.79 bits per heavy atom. The Morgan fingerprint density at radius 2 is 2.05 bits per heavy atom. The van der Waals surface area contributed by atoms with Gasteiger partial charge >= 0.3 is 0 Å². The van der Waals surface area contributed by atoms with Crippen LogP contribution in [0.25, 0.3) is 0 Å². The molecule has 104 valence electrons. The monoisotopic (exact) mass is 260 g/mol. The van der Waals surface area contributed by atoms with E-state index < -0.39 is 0 Å². The van der Waals surface area contributed by atoms with Crippen LogP contribution < -0.4 is 10.6 Å². The molecule has 1 aliphatic rings. The SMILES string of the molecule is Cc1ccccc1CCC(=O)NCCCNC1CC1. The summed E-state index contributed by atoms with van der Waals surface area (Å²) in [6.07, 6.45) is 5.08. The Morgan fingerprint density at radius 1 is 1.26 bits per heavy atom. The number of hydrogen-bond acceptors (Lipinski definition) is 2. The van der Waals surface area contributed by atoms with Gasteiger partial charge in [-0.05, 0) is 50.3 Å². The summed E-state index contributed by atoms with van der Waals surface area (Å²) in [4.78, 5) is 11.7. The van der Waals surface area contributed by atoms with E-state index >= 15 is 0 Å². The van der Waals surface area contributed by atoms with E-state index in [9.17, 15) is 4.79 Å². The number of nitrogens with one attached hydrogen (secondary N) is 2. The molecule has 0 spiro atoms. The summed E-state index contributed by atoms with van der Waals surface area (Å²) in [7, 11) is 0. The van der Waals surface area contributed by atoms with E-state index in [-0.39, 0.29) is 5.91 Å². The van der Waals surface area contributed by atoms with E-state index in [2.05, 4.69) is 29.7 Å². The van der Waals surface area contributed by atoms with Gasteiger partial charge in [0.25, 0.3) is 0 Å². The number of hydrogen-bond donors (Lipinski definition) is 2. The molecule has 1 aromatic carbocycles. The van der Waals surface area contributed by atoms with Gasteiger partial charge in [0.2, 0.25) is 5.91 Å². The first-order valence-corrected chi connectivity index (χ1v) is 7.30. The van der Waals surface area contributed by atoms with Crippen LogP contribution in [0.5, 0.6) is 0 Å². The number of amides is 1. The van der Waals surface area contributed by atoms with Crippen molar-refractivity contribution >= 4 is 5.91 Å². The average Bonchev–Trinajstić information content (AvgIpc) is 3.21. The van der Waals surface area contributed by atoms with Crippen LogP contribution in [0, 0.1) is 6.92 Å². The van der Waals surface area contributed by atoms with Crippen molar-refractivity contribution in [3.8, 4) is 0 Å². The third-order valence-electron chi connectivity index (χ3n) is 3.57. The molecule has 2 N–H and O–H groups in total. The minimum absolute atomic E-state index is 0.162. The summed E-state index contributed by atoms with van der Waals surface area (Å²) in [5.74, 6) is 0.162. The highest BCUT2D eigenvalue weighted by atomic mass is 16.1. The largest absolute Gasteiger partial charge is 0.356 e. The van der Waals surface area contributed by atoms with Crippen LogP contribution in [0.2, 0.25) is 0 Å². The first-order chi connectivity index (χ1) is 9.25. The first-order valence-electron chi connectivity index (χ1n) is 7.30. The molecule has 1 amide bonds. The van der Waals surface area contributed by atoms with Crippen molar-refractivity contribution in [3.63, 3.8) is 0 Å². The number of rotatable bonds is 8. The Hall–Kier alpha value is -1.35. The van der Waals surface area contributed by atoms with E-state index in [0.29, 0.717) is 6.42 Å². The van der Waals surface area contributed by atoms with Crippen LogP contribution in [0.4, 0.5) is 0 Å². The van der Waals surface area contributed by atoms with Crippen LogP contribution in [-0.2, 0) is 11.2 Å². The Bertz CT molecular complexity index is 413. The topological polar surface area (TPSA) is 41.1 Å². The van der Waals surface area contributed by atoms with E-state index in [4.69, 9.17) is 0 Å². The van der Waals surface area contributed by atoms with Gasteiger partial charge in [-0.1, -0.05) is 24.3 Å². The molecule has 1 aliphatic carbocycles. The second kappa shape index (κ2) is 7.29. The van der Waals surface area contributed by atoms with Crippen LogP contribution in [0.3, 0.4) is 0 Å². The van der Waals surface area contributed by atoms with Crippen molar-refractivity contribution < 1.29 is 4.79 Å². The molecule has 3 nitrogen and oxygen atoms in total. The van der Waals surface area contributed by atoms with Gasteiger partial charge in [0.1, 0.15) is 0 Å². The number of aryl methyl sites for hydroxylation is 2. The Kier molecular flexibility index (Phi) is 5.40. The van der Waals surface area contributed by atoms with Gasteiger partial charge in [0.05, 0.1) is 0 Å². The lowest BCUT2D eigenvalue weighted by Gasteiger charge is -2.07. The second-order valence-electron chi connectivity index (χ2n) is 5.36. The third-order valence-corrected chi connectivity index (χ3v) is 3.57. The molecule has 2 rings (SSSR count). The van der Waals surface area contributed by atoms with Crippen molar-refractivity contribution in [3.05, 3.63) is 35.4 Å². The van der Waals surface area contributed by atoms with Gasteiger partial charge in [-0.15, -0.1) is 0 Å². The molecule has 1 aromatic rings. The van der Waals surface area contributed by atoms with E-state index in [0.717, 1.165) is 32.0 Å². The first kappa shape index (κ1) is 14.1. The quantitative estimate of drug-likeness (QED) is 0.703. The van der Waals surface area contributed by atoms with Gasteiger partial charge in [0, 0.05) is 19.0 Å². The molecule has 19 heavy (non-hydrogen) atoms. The van der Waals surface area contributed by atoms with Crippen molar-refractivity contribution in [1.29, 1.82) is 0 Å². The summed E-state index contributed by atoms with van der Waals surface area (Å²) >= 11 is 0. The Labute approximate surface area is 115 Å². The fourth-order valence-electron chi connectivity index (χ4n) is 2.14. The fraction of sp³-hybridized carbons (Fsp3) is 0.562. The summed E-state index contributed by atoms with van der Waals surface area (Å²) < 4.78 is 0. The zero-order valence-corrected chi connectivity index (χ0v) is 11.7. The normalized spacial score (nSPS) is 14.4. The molecule has 1 saturated carbocycles. The highest BCUT2D eigenvalue weighted by Gasteiger charge is 2.19. The zero-order chi connectivity index (χ0) is 13.5. The summed E-state index contributed by atoms with van der Waals surface area (Å²) in [6, 6.07) is 9.02. The lowest BCUT2D eigenvalue weighted by molar-refractivity contribution is -0.121. The third kappa shape index (κ3) is 5.43. The molecule has 0 aromatic heterocycles. The molecule has 0 heterocycles. The fourth-order valence-corrected chi connectivity index (χ4v) is 2.14. The van der Waals surface area contributed by atoms with Gasteiger partial charge in [-0.3, -0.25) is 4.79 Å². The molecule has 3 heteroatoms. The van der Waals surface area contributed by atoms with Crippen LogP contribution in [0.1, 0.15) is 36.8 Å². The van der Waals surface area contributed by atoms with Crippen molar-refractivity contribution in [2.24, 2.45) is 0 Å². The minimum Gasteiger partial charge on any atom is -0.356 e. The predicted octanol–water partition coefficient (Wildman–Crippen LogP) is 2.19. The van der Waals surface area contributed by atoms with E-state index in [1.54, 1.807) is 0 Å². The van der Waals surface area contributed by atoms with Crippen LogP contribution in [0.15, 0.2) is 24.3 Å². The molecule has 0 bridgehead atoms. The van der Waals surface area contributed by atoms with Gasteiger partial charge in [-0.25, -0.2) is 0 Å². The van der Waals surface area contributed by atoms with Crippen molar-refractivity contribution in [2.75, 3.05) is 13.1 Å². The van der Waals surface area contributed by atoms with Crippen LogP contribution >= 0.6 is 0 Å². The lowest BCUT2D eigenvalue weighted by atomic mass is 10.0. The molecular weight excluding hydrogens is 236 g/mol. The summed E-state index contributed by atoms with van der Waals surface area (Å²) in [5, 5.41) is 6.43. The average molecular weight is 260 g/mol. The standard InChI is InChI=1S/C16H24N2O/c1-13-5-2-3-6-14(13)7-10-16(19)18-12-4-11-17-15-8-9-15/h2-3,5-6,15,17H,4,7-12H2,1H3,(H,18,19). The van der Waals surface area contributed by atoms with E-state index in [1.165, 1.54) is 24.0 Å². The summed E-state index contributed by atoms with van der Waals surface area (Å²) in [6.45, 7) is 3.89.